The van der Waals surface area contributed by atoms with E-state index in [1.54, 1.807) is 11.8 Å². The van der Waals surface area contributed by atoms with Crippen molar-refractivity contribution in [2.75, 3.05) is 44.7 Å². The number of piperidine rings is 1. The Balaban J connectivity index is 0.698. The van der Waals surface area contributed by atoms with Crippen LogP contribution in [0.1, 0.15) is 135 Å². The van der Waals surface area contributed by atoms with Gasteiger partial charge >= 0.3 is 0 Å². The number of nitrogens with one attached hydrogen (secondary N) is 6. The van der Waals surface area contributed by atoms with Crippen molar-refractivity contribution < 1.29 is 42.0 Å². The standard InChI is InChI=1S/C46H74N8O9S2/c1-65(62,63)53-21-19-33(27-53)42(58)49-26-41(57)52-46-50-37(28-64-46)32-13-9-12-31(23-32)30-11-8-10-29(22-30)25-48-39(55)14-6-4-2-3-5-7-20-47-34-15-16-35-36(24-34)45(61)54(44(35)60)38-17-18-40(56)51-43(38)59/h29-38,46-47,50H,2-28H2,1H3,(H,48,55)(H,49,58)(H,52,57)(H,51,56,59). The van der Waals surface area contributed by atoms with Crippen LogP contribution in [0.15, 0.2) is 0 Å². The molecule has 364 valence electrons. The Labute approximate surface area is 389 Å². The summed E-state index contributed by atoms with van der Waals surface area (Å²) in [6.07, 6.45) is 20.5. The number of hydrogen-bond donors (Lipinski definition) is 6. The topological polar surface area (TPSA) is 232 Å². The predicted octanol–water partition coefficient (Wildman–Crippen LogP) is 2.50. The molecule has 7 amide bonds. The molecule has 4 heterocycles. The molecule has 7 aliphatic rings. The number of carbonyl (C=O) groups excluding carboxylic acids is 7. The molecule has 3 saturated carbocycles. The molecule has 0 aromatic rings. The summed E-state index contributed by atoms with van der Waals surface area (Å²) in [5.41, 5.74) is -0.197. The average molecular weight is 947 g/mol. The molecule has 0 bridgehead atoms. The van der Waals surface area contributed by atoms with E-state index in [1.165, 1.54) is 55.7 Å². The smallest absolute Gasteiger partial charge is 0.249 e. The molecule has 7 rings (SSSR count). The summed E-state index contributed by atoms with van der Waals surface area (Å²) in [5, 5.41) is 18.5. The lowest BCUT2D eigenvalue weighted by atomic mass is 9.67. The number of amides is 7. The van der Waals surface area contributed by atoms with Gasteiger partial charge in [0.25, 0.3) is 0 Å². The first-order chi connectivity index (χ1) is 31.2. The SMILES string of the molecule is CS(=O)(=O)N1CCC(C(=O)NCC(=O)NC2NC(C3CCCC(C4CCCC(CNC(=O)CCCCCCCCNC5CCC6C(=O)N(C7CCC(=O)NC7=O)C(=O)C6C5)C4)C3)CS2)C1. The number of unbranched alkanes of at least 4 members (excludes halogenated alkanes) is 5. The Bertz CT molecular complexity index is 1850. The van der Waals surface area contributed by atoms with E-state index in [0.29, 0.717) is 61.9 Å². The van der Waals surface area contributed by atoms with Gasteiger partial charge in [0.1, 0.15) is 11.5 Å². The molecule has 7 fully saturated rings. The molecule has 65 heavy (non-hydrogen) atoms. The molecule has 6 N–H and O–H groups in total. The van der Waals surface area contributed by atoms with Gasteiger partial charge in [-0.05, 0) is 101 Å². The van der Waals surface area contributed by atoms with E-state index in [2.05, 4.69) is 31.9 Å². The highest BCUT2D eigenvalue weighted by Gasteiger charge is 2.54. The van der Waals surface area contributed by atoms with Gasteiger partial charge in [-0.1, -0.05) is 51.4 Å². The molecule has 11 unspecified atom stereocenters. The van der Waals surface area contributed by atoms with Crippen LogP contribution in [0, 0.1) is 41.4 Å². The highest BCUT2D eigenvalue weighted by molar-refractivity contribution is 8.00. The van der Waals surface area contributed by atoms with Gasteiger partial charge in [-0.3, -0.25) is 49.1 Å². The van der Waals surface area contributed by atoms with Crippen LogP contribution in [-0.2, 0) is 43.6 Å². The van der Waals surface area contributed by atoms with Crippen LogP contribution >= 0.6 is 11.8 Å². The number of nitrogens with zero attached hydrogens (tertiary/aromatic N) is 2. The van der Waals surface area contributed by atoms with Crippen molar-refractivity contribution >= 4 is 63.1 Å². The molecule has 0 aromatic heterocycles. The Morgan fingerprint density at radius 3 is 2.26 bits per heavy atom. The van der Waals surface area contributed by atoms with Crippen molar-refractivity contribution in [2.45, 2.75) is 158 Å². The molecule has 4 aliphatic heterocycles. The Hall–Kier alpha value is -3.13. The fraction of sp³-hybridized carbons (Fsp3) is 0.848. The summed E-state index contributed by atoms with van der Waals surface area (Å²) in [6.45, 7) is 1.97. The van der Waals surface area contributed by atoms with Crippen LogP contribution < -0.4 is 31.9 Å². The molecular formula is C46H74N8O9S2. The lowest BCUT2D eigenvalue weighted by Crippen LogP contribution is -2.54. The lowest BCUT2D eigenvalue weighted by Gasteiger charge is -2.40. The van der Waals surface area contributed by atoms with Crippen LogP contribution in [-0.4, -0.2) is 127 Å². The quantitative estimate of drug-likeness (QED) is 0.0764. The van der Waals surface area contributed by atoms with Crippen molar-refractivity contribution in [2.24, 2.45) is 41.4 Å². The zero-order valence-corrected chi connectivity index (χ0v) is 40.0. The van der Waals surface area contributed by atoms with Gasteiger partial charge in [0.2, 0.25) is 51.4 Å². The van der Waals surface area contributed by atoms with E-state index < -0.39 is 33.8 Å². The van der Waals surface area contributed by atoms with E-state index >= 15 is 0 Å². The fourth-order valence-electron chi connectivity index (χ4n) is 12.0. The van der Waals surface area contributed by atoms with Gasteiger partial charge in [0.05, 0.1) is 30.6 Å². The van der Waals surface area contributed by atoms with Crippen molar-refractivity contribution in [1.29, 1.82) is 0 Å². The first-order valence-corrected chi connectivity index (χ1v) is 27.7. The molecule has 19 heteroatoms. The summed E-state index contributed by atoms with van der Waals surface area (Å²) in [4.78, 5) is 89.5. The zero-order valence-electron chi connectivity index (χ0n) is 38.3. The van der Waals surface area contributed by atoms with Gasteiger partial charge in [-0.25, -0.2) is 12.7 Å². The molecule has 11 atom stereocenters. The second-order valence-corrected chi connectivity index (χ2v) is 23.3. The van der Waals surface area contributed by atoms with E-state index in [9.17, 15) is 42.0 Å². The second kappa shape index (κ2) is 23.3. The number of hydrogen-bond acceptors (Lipinski definition) is 12. The fourth-order valence-corrected chi connectivity index (χ4v) is 14.1. The predicted molar refractivity (Wildman–Crippen MR) is 246 cm³/mol. The third-order valence-electron chi connectivity index (χ3n) is 15.7. The van der Waals surface area contributed by atoms with Crippen LogP contribution in [0.3, 0.4) is 0 Å². The van der Waals surface area contributed by atoms with Gasteiger partial charge in [0.15, 0.2) is 0 Å². The van der Waals surface area contributed by atoms with E-state index in [1.807, 2.05) is 0 Å². The number of likely N-dealkylation sites (tertiary alicyclic amines) is 1. The number of rotatable bonds is 20. The Morgan fingerprint density at radius 1 is 0.769 bits per heavy atom. The average Bonchev–Trinajstić information content (AvgIpc) is 4.04. The highest BCUT2D eigenvalue weighted by Crippen LogP contribution is 2.44. The normalized spacial score (nSPS) is 33.4. The summed E-state index contributed by atoms with van der Waals surface area (Å²) in [7, 11) is -3.33. The van der Waals surface area contributed by atoms with E-state index in [4.69, 9.17) is 0 Å². The van der Waals surface area contributed by atoms with Crippen molar-refractivity contribution in [3.8, 4) is 0 Å². The minimum absolute atomic E-state index is 0.131. The van der Waals surface area contributed by atoms with Crippen LogP contribution in [0.4, 0.5) is 0 Å². The molecule has 0 aromatic carbocycles. The summed E-state index contributed by atoms with van der Waals surface area (Å²) in [5.74, 6) is 0.393. The maximum Gasteiger partial charge on any atom is 0.249 e. The number of imide groups is 2. The lowest BCUT2D eigenvalue weighted by molar-refractivity contribution is -0.151. The van der Waals surface area contributed by atoms with Gasteiger partial charge in [-0.2, -0.15) is 0 Å². The molecule has 4 saturated heterocycles. The molecule has 3 aliphatic carbocycles. The second-order valence-electron chi connectivity index (χ2n) is 20.2. The monoisotopic (exact) mass is 947 g/mol. The number of carbonyl (C=O) groups is 7. The minimum atomic E-state index is -3.33. The van der Waals surface area contributed by atoms with Crippen molar-refractivity contribution in [3.05, 3.63) is 0 Å². The molecule has 17 nitrogen and oxygen atoms in total. The van der Waals surface area contributed by atoms with Crippen molar-refractivity contribution in [1.82, 2.24) is 41.1 Å². The van der Waals surface area contributed by atoms with E-state index in [-0.39, 0.29) is 78.8 Å². The van der Waals surface area contributed by atoms with Crippen LogP contribution in [0.25, 0.3) is 0 Å². The first kappa shape index (κ1) is 49.8. The van der Waals surface area contributed by atoms with Gasteiger partial charge in [-0.15, -0.1) is 11.8 Å². The third kappa shape index (κ3) is 13.5. The summed E-state index contributed by atoms with van der Waals surface area (Å²) in [6, 6.07) is -0.372. The Kier molecular flexibility index (Phi) is 17.8. The minimum Gasteiger partial charge on any atom is -0.356 e. The maximum atomic E-state index is 13.2. The van der Waals surface area contributed by atoms with Gasteiger partial charge < -0.3 is 21.3 Å². The summed E-state index contributed by atoms with van der Waals surface area (Å²) >= 11 is 1.70. The molecular weight excluding hydrogens is 873 g/mol. The maximum absolute atomic E-state index is 13.2. The third-order valence-corrected chi connectivity index (χ3v) is 18.1. The summed E-state index contributed by atoms with van der Waals surface area (Å²) < 4.78 is 24.9. The van der Waals surface area contributed by atoms with Crippen LogP contribution in [0.2, 0.25) is 0 Å². The van der Waals surface area contributed by atoms with Crippen LogP contribution in [0.5, 0.6) is 0 Å². The van der Waals surface area contributed by atoms with E-state index in [0.717, 1.165) is 74.9 Å². The molecule has 0 radical (unpaired) electrons. The number of fused-ring (bicyclic) bond motifs is 1. The molecule has 0 spiro atoms. The largest absolute Gasteiger partial charge is 0.356 e. The first-order valence-electron chi connectivity index (χ1n) is 24.8. The number of thioether (sulfide) groups is 1. The zero-order chi connectivity index (χ0) is 46.1. The number of sulfonamides is 1. The van der Waals surface area contributed by atoms with Gasteiger partial charge in [0, 0.05) is 50.3 Å². The highest BCUT2D eigenvalue weighted by atomic mass is 32.2. The Morgan fingerprint density at radius 2 is 1.49 bits per heavy atom. The van der Waals surface area contributed by atoms with Crippen molar-refractivity contribution in [3.63, 3.8) is 0 Å².